The lowest BCUT2D eigenvalue weighted by molar-refractivity contribution is 0.0595. The standard InChI is InChI=1S/C16H15F3N2O3/c1-16(2,23)7-4-8(17)12(9(18)5-7)13-10(19)6-11(20)14(21-13)15(22)24-3/h4-6,23H,20H2,1-3H3. The second-order valence-corrected chi connectivity index (χ2v) is 5.62. The molecule has 0 spiro atoms. The van der Waals surface area contributed by atoms with Crippen molar-refractivity contribution in [2.45, 2.75) is 19.4 Å². The summed E-state index contributed by atoms with van der Waals surface area (Å²) in [4.78, 5) is 15.2. The number of hydrogen-bond donors (Lipinski definition) is 2. The summed E-state index contributed by atoms with van der Waals surface area (Å²) in [7, 11) is 1.06. The van der Waals surface area contributed by atoms with Crippen LogP contribution in [0.3, 0.4) is 0 Å². The molecule has 0 fully saturated rings. The average molecular weight is 340 g/mol. The number of aliphatic hydroxyl groups is 1. The Kier molecular flexibility index (Phi) is 4.52. The molecule has 3 N–H and O–H groups in total. The van der Waals surface area contributed by atoms with Gasteiger partial charge < -0.3 is 15.6 Å². The molecule has 0 saturated carbocycles. The minimum Gasteiger partial charge on any atom is -0.464 e. The van der Waals surface area contributed by atoms with Gasteiger partial charge in [-0.05, 0) is 31.5 Å². The van der Waals surface area contributed by atoms with Gasteiger partial charge >= 0.3 is 5.97 Å². The van der Waals surface area contributed by atoms with E-state index in [4.69, 9.17) is 5.73 Å². The normalized spacial score (nSPS) is 11.5. The van der Waals surface area contributed by atoms with Crippen molar-refractivity contribution in [2.24, 2.45) is 0 Å². The number of anilines is 1. The van der Waals surface area contributed by atoms with Crippen LogP contribution in [0.2, 0.25) is 0 Å². The minimum absolute atomic E-state index is 0.0368. The first-order valence-electron chi connectivity index (χ1n) is 6.82. The number of carbonyl (C=O) groups is 1. The van der Waals surface area contributed by atoms with E-state index in [0.29, 0.717) is 0 Å². The Morgan fingerprint density at radius 1 is 1.17 bits per heavy atom. The largest absolute Gasteiger partial charge is 0.464 e. The van der Waals surface area contributed by atoms with Crippen LogP contribution in [0.15, 0.2) is 18.2 Å². The third-order valence-electron chi connectivity index (χ3n) is 3.37. The van der Waals surface area contributed by atoms with Crippen LogP contribution < -0.4 is 5.73 Å². The number of methoxy groups -OCH3 is 1. The Morgan fingerprint density at radius 3 is 2.17 bits per heavy atom. The highest BCUT2D eigenvalue weighted by molar-refractivity contribution is 5.93. The van der Waals surface area contributed by atoms with Crippen LogP contribution in [0.4, 0.5) is 18.9 Å². The molecule has 8 heteroatoms. The van der Waals surface area contributed by atoms with Gasteiger partial charge in [0.25, 0.3) is 0 Å². The summed E-state index contributed by atoms with van der Waals surface area (Å²) < 4.78 is 47.2. The number of nitrogens with two attached hydrogens (primary N) is 1. The zero-order valence-corrected chi connectivity index (χ0v) is 13.2. The molecular weight excluding hydrogens is 325 g/mol. The molecule has 0 unspecified atom stereocenters. The number of pyridine rings is 1. The van der Waals surface area contributed by atoms with E-state index in [0.717, 1.165) is 25.3 Å². The predicted octanol–water partition coefficient (Wildman–Crippen LogP) is 2.76. The molecule has 0 aliphatic heterocycles. The fraction of sp³-hybridized carbons (Fsp3) is 0.250. The van der Waals surface area contributed by atoms with Gasteiger partial charge in [0.2, 0.25) is 0 Å². The smallest absolute Gasteiger partial charge is 0.358 e. The van der Waals surface area contributed by atoms with E-state index in [2.05, 4.69) is 9.72 Å². The minimum atomic E-state index is -1.50. The fourth-order valence-electron chi connectivity index (χ4n) is 2.09. The van der Waals surface area contributed by atoms with Gasteiger partial charge in [-0.15, -0.1) is 0 Å². The van der Waals surface area contributed by atoms with Gasteiger partial charge in [-0.1, -0.05) is 0 Å². The van der Waals surface area contributed by atoms with E-state index < -0.39 is 46.0 Å². The Morgan fingerprint density at radius 2 is 1.71 bits per heavy atom. The number of aromatic nitrogens is 1. The van der Waals surface area contributed by atoms with E-state index in [1.54, 1.807) is 0 Å². The summed E-state index contributed by atoms with van der Waals surface area (Å²) in [6.45, 7) is 2.69. The van der Waals surface area contributed by atoms with Gasteiger partial charge in [0.05, 0.1) is 24.0 Å². The Bertz CT molecular complexity index is 794. The Labute approximate surface area is 135 Å². The highest BCUT2D eigenvalue weighted by Gasteiger charge is 2.25. The highest BCUT2D eigenvalue weighted by atomic mass is 19.1. The van der Waals surface area contributed by atoms with Crippen LogP contribution in [0.1, 0.15) is 29.9 Å². The number of ether oxygens (including phenoxy) is 1. The van der Waals surface area contributed by atoms with Crippen molar-refractivity contribution in [1.29, 1.82) is 0 Å². The molecule has 128 valence electrons. The van der Waals surface area contributed by atoms with E-state index in [9.17, 15) is 23.1 Å². The summed E-state index contributed by atoms with van der Waals surface area (Å²) in [5.74, 6) is -4.35. The van der Waals surface area contributed by atoms with Crippen molar-refractivity contribution in [1.82, 2.24) is 4.98 Å². The molecule has 2 rings (SSSR count). The van der Waals surface area contributed by atoms with E-state index in [-0.39, 0.29) is 11.3 Å². The maximum Gasteiger partial charge on any atom is 0.358 e. The van der Waals surface area contributed by atoms with Crippen molar-refractivity contribution in [3.8, 4) is 11.3 Å². The molecule has 0 radical (unpaired) electrons. The van der Waals surface area contributed by atoms with Gasteiger partial charge in [-0.25, -0.2) is 22.9 Å². The van der Waals surface area contributed by atoms with Gasteiger partial charge in [0, 0.05) is 6.07 Å². The fourth-order valence-corrected chi connectivity index (χ4v) is 2.09. The van der Waals surface area contributed by atoms with Gasteiger partial charge in [0.15, 0.2) is 11.5 Å². The molecule has 1 aromatic carbocycles. The first-order valence-corrected chi connectivity index (χ1v) is 6.82. The van der Waals surface area contributed by atoms with E-state index >= 15 is 0 Å². The third-order valence-corrected chi connectivity index (χ3v) is 3.37. The van der Waals surface area contributed by atoms with Crippen LogP contribution in [-0.2, 0) is 10.3 Å². The van der Waals surface area contributed by atoms with Crippen molar-refractivity contribution in [2.75, 3.05) is 12.8 Å². The number of nitrogens with zero attached hydrogens (tertiary/aromatic N) is 1. The molecule has 0 aliphatic rings. The molecule has 0 amide bonds. The molecule has 0 atom stereocenters. The third kappa shape index (κ3) is 3.18. The van der Waals surface area contributed by atoms with Crippen LogP contribution in [0, 0.1) is 17.5 Å². The number of hydrogen-bond acceptors (Lipinski definition) is 5. The molecular formula is C16H15F3N2O3. The number of carbonyl (C=O) groups excluding carboxylic acids is 1. The first kappa shape index (κ1) is 17.7. The lowest BCUT2D eigenvalue weighted by atomic mass is 9.95. The summed E-state index contributed by atoms with van der Waals surface area (Å²) in [6, 6.07) is 2.47. The van der Waals surface area contributed by atoms with Crippen molar-refractivity contribution < 1.29 is 27.8 Å². The molecule has 24 heavy (non-hydrogen) atoms. The monoisotopic (exact) mass is 340 g/mol. The summed E-state index contributed by atoms with van der Waals surface area (Å²) >= 11 is 0. The molecule has 0 aliphatic carbocycles. The quantitative estimate of drug-likeness (QED) is 0.839. The molecule has 0 bridgehead atoms. The zero-order valence-electron chi connectivity index (χ0n) is 13.2. The SMILES string of the molecule is COC(=O)c1nc(-c2c(F)cc(C(C)(C)O)cc2F)c(F)cc1N. The maximum absolute atomic E-state index is 14.3. The van der Waals surface area contributed by atoms with Crippen LogP contribution in [0.25, 0.3) is 11.3 Å². The summed E-state index contributed by atoms with van der Waals surface area (Å²) in [5, 5.41) is 9.84. The Hall–Kier alpha value is -2.61. The molecule has 1 aromatic heterocycles. The molecule has 5 nitrogen and oxygen atoms in total. The van der Waals surface area contributed by atoms with Crippen LogP contribution >= 0.6 is 0 Å². The molecule has 2 aromatic rings. The first-order chi connectivity index (χ1) is 11.1. The van der Waals surface area contributed by atoms with Crippen molar-refractivity contribution >= 4 is 11.7 Å². The van der Waals surface area contributed by atoms with Gasteiger partial charge in [0.1, 0.15) is 17.3 Å². The maximum atomic E-state index is 14.3. The number of nitrogen functional groups attached to an aromatic ring is 1. The second-order valence-electron chi connectivity index (χ2n) is 5.62. The topological polar surface area (TPSA) is 85.4 Å². The number of rotatable bonds is 3. The number of benzene rings is 1. The van der Waals surface area contributed by atoms with Crippen LogP contribution in [-0.4, -0.2) is 23.2 Å². The zero-order chi connectivity index (χ0) is 18.2. The van der Waals surface area contributed by atoms with Gasteiger partial charge in [-0.2, -0.15) is 0 Å². The predicted molar refractivity (Wildman–Crippen MR) is 80.5 cm³/mol. The average Bonchev–Trinajstić information content (AvgIpc) is 2.46. The van der Waals surface area contributed by atoms with Crippen molar-refractivity contribution in [3.63, 3.8) is 0 Å². The van der Waals surface area contributed by atoms with Gasteiger partial charge in [-0.3, -0.25) is 0 Å². The molecule has 1 heterocycles. The lowest BCUT2D eigenvalue weighted by Gasteiger charge is -2.19. The van der Waals surface area contributed by atoms with Crippen LogP contribution in [0.5, 0.6) is 0 Å². The number of halogens is 3. The van der Waals surface area contributed by atoms with E-state index in [1.165, 1.54) is 13.8 Å². The van der Waals surface area contributed by atoms with Crippen molar-refractivity contribution in [3.05, 3.63) is 46.9 Å². The van der Waals surface area contributed by atoms with E-state index in [1.807, 2.05) is 0 Å². The Balaban J connectivity index is 2.71. The highest BCUT2D eigenvalue weighted by Crippen LogP contribution is 2.32. The number of esters is 1. The lowest BCUT2D eigenvalue weighted by Crippen LogP contribution is -2.17. The molecule has 0 saturated heterocycles. The summed E-state index contributed by atoms with van der Waals surface area (Å²) in [5.41, 5.74) is 1.67. The summed E-state index contributed by atoms with van der Waals surface area (Å²) in [6.07, 6.45) is 0. The second kappa shape index (κ2) is 6.12.